The lowest BCUT2D eigenvalue weighted by molar-refractivity contribution is 0.0790. The van der Waals surface area contributed by atoms with E-state index < -0.39 is 0 Å². The molecule has 1 aliphatic rings. The highest BCUT2D eigenvalue weighted by atomic mass is 79.9. The van der Waals surface area contributed by atoms with Crippen molar-refractivity contribution in [2.45, 2.75) is 25.8 Å². The third-order valence-electron chi connectivity index (χ3n) is 4.02. The molecule has 2 heterocycles. The Hall–Kier alpha value is -1.66. The second kappa shape index (κ2) is 6.22. The first-order chi connectivity index (χ1) is 10.6. The van der Waals surface area contributed by atoms with E-state index in [0.29, 0.717) is 12.1 Å². The molecule has 1 amide bonds. The predicted octanol–water partition coefficient (Wildman–Crippen LogP) is 2.37. The lowest BCUT2D eigenvalue weighted by atomic mass is 10.1. The van der Waals surface area contributed by atoms with E-state index in [2.05, 4.69) is 21.0 Å². The van der Waals surface area contributed by atoms with Crippen molar-refractivity contribution in [2.75, 3.05) is 13.1 Å². The lowest BCUT2D eigenvalue weighted by Crippen LogP contribution is -2.32. The van der Waals surface area contributed by atoms with E-state index in [1.54, 1.807) is 6.20 Å². The molecule has 0 unspecified atom stereocenters. The monoisotopic (exact) mass is 362 g/mol. The summed E-state index contributed by atoms with van der Waals surface area (Å²) in [6, 6.07) is 8.00. The minimum absolute atomic E-state index is 0.0353. The second-order valence-corrected chi connectivity index (χ2v) is 6.46. The first-order valence-corrected chi connectivity index (χ1v) is 8.27. The van der Waals surface area contributed by atoms with Crippen LogP contribution >= 0.6 is 15.9 Å². The van der Waals surface area contributed by atoms with Crippen molar-refractivity contribution in [2.24, 2.45) is 5.73 Å². The normalized spacial score (nSPS) is 18.0. The number of halogens is 1. The van der Waals surface area contributed by atoms with Gasteiger partial charge < -0.3 is 10.6 Å². The number of rotatable bonds is 3. The Bertz CT molecular complexity index is 680. The zero-order valence-electron chi connectivity index (χ0n) is 12.5. The summed E-state index contributed by atoms with van der Waals surface area (Å²) >= 11 is 3.43. The molecule has 2 aromatic rings. The zero-order valence-corrected chi connectivity index (χ0v) is 14.1. The van der Waals surface area contributed by atoms with Crippen molar-refractivity contribution < 1.29 is 4.79 Å². The summed E-state index contributed by atoms with van der Waals surface area (Å²) in [4.78, 5) is 14.5. The molecule has 1 fully saturated rings. The standard InChI is InChI=1S/C16H19BrN4O/c1-2-15-14(16(22)20-8-7-12(18)10-20)9-19-21(15)13-5-3-11(17)4-6-13/h3-6,9,12H,2,7-8,10,18H2,1H3/t12-/m0/s1. The van der Waals surface area contributed by atoms with Gasteiger partial charge >= 0.3 is 0 Å². The van der Waals surface area contributed by atoms with Crippen molar-refractivity contribution in [3.8, 4) is 5.69 Å². The summed E-state index contributed by atoms with van der Waals surface area (Å²) in [6.07, 6.45) is 3.29. The van der Waals surface area contributed by atoms with Crippen LogP contribution in [-0.4, -0.2) is 39.7 Å². The Labute approximate surface area is 138 Å². The van der Waals surface area contributed by atoms with E-state index in [1.165, 1.54) is 0 Å². The van der Waals surface area contributed by atoms with Gasteiger partial charge in [-0.3, -0.25) is 4.79 Å². The lowest BCUT2D eigenvalue weighted by Gasteiger charge is -2.16. The van der Waals surface area contributed by atoms with E-state index in [9.17, 15) is 4.79 Å². The summed E-state index contributed by atoms with van der Waals surface area (Å²) in [5.41, 5.74) is 8.48. The quantitative estimate of drug-likeness (QED) is 0.911. The first kappa shape index (κ1) is 15.2. The van der Waals surface area contributed by atoms with E-state index in [4.69, 9.17) is 5.73 Å². The van der Waals surface area contributed by atoms with Gasteiger partial charge in [0.05, 0.1) is 23.1 Å². The van der Waals surface area contributed by atoms with Crippen molar-refractivity contribution in [1.82, 2.24) is 14.7 Å². The first-order valence-electron chi connectivity index (χ1n) is 7.48. The van der Waals surface area contributed by atoms with Gasteiger partial charge in [-0.15, -0.1) is 0 Å². The van der Waals surface area contributed by atoms with Crippen LogP contribution in [0.4, 0.5) is 0 Å². The summed E-state index contributed by atoms with van der Waals surface area (Å²) in [6.45, 7) is 3.40. The maximum Gasteiger partial charge on any atom is 0.257 e. The van der Waals surface area contributed by atoms with Crippen LogP contribution in [0.5, 0.6) is 0 Å². The highest BCUT2D eigenvalue weighted by Crippen LogP contribution is 2.21. The molecule has 0 bridgehead atoms. The van der Waals surface area contributed by atoms with Gasteiger partial charge in [0.25, 0.3) is 5.91 Å². The van der Waals surface area contributed by atoms with Gasteiger partial charge in [0.2, 0.25) is 0 Å². The molecule has 1 saturated heterocycles. The zero-order chi connectivity index (χ0) is 15.7. The van der Waals surface area contributed by atoms with Crippen LogP contribution < -0.4 is 5.73 Å². The van der Waals surface area contributed by atoms with E-state index >= 15 is 0 Å². The molecule has 1 aliphatic heterocycles. The average molecular weight is 363 g/mol. The van der Waals surface area contributed by atoms with E-state index in [-0.39, 0.29) is 11.9 Å². The molecule has 6 heteroatoms. The smallest absolute Gasteiger partial charge is 0.257 e. The van der Waals surface area contributed by atoms with Crippen molar-refractivity contribution in [3.63, 3.8) is 0 Å². The number of carbonyl (C=O) groups is 1. The minimum Gasteiger partial charge on any atom is -0.337 e. The Balaban J connectivity index is 1.93. The third kappa shape index (κ3) is 2.80. The van der Waals surface area contributed by atoms with Crippen LogP contribution in [0.15, 0.2) is 34.9 Å². The predicted molar refractivity (Wildman–Crippen MR) is 89.1 cm³/mol. The fraction of sp³-hybridized carbons (Fsp3) is 0.375. The number of benzene rings is 1. The summed E-state index contributed by atoms with van der Waals surface area (Å²) in [5.74, 6) is 0.0353. The molecule has 116 valence electrons. The summed E-state index contributed by atoms with van der Waals surface area (Å²) in [7, 11) is 0. The topological polar surface area (TPSA) is 64.2 Å². The van der Waals surface area contributed by atoms with Gasteiger partial charge in [0.15, 0.2) is 0 Å². The van der Waals surface area contributed by atoms with Crippen LogP contribution in [0, 0.1) is 0 Å². The fourth-order valence-electron chi connectivity index (χ4n) is 2.84. The number of amides is 1. The van der Waals surface area contributed by atoms with Crippen LogP contribution in [-0.2, 0) is 6.42 Å². The Morgan fingerprint density at radius 3 is 2.73 bits per heavy atom. The van der Waals surface area contributed by atoms with Crippen LogP contribution in [0.2, 0.25) is 0 Å². The van der Waals surface area contributed by atoms with Crippen molar-refractivity contribution in [3.05, 3.63) is 46.2 Å². The van der Waals surface area contributed by atoms with Crippen LogP contribution in [0.25, 0.3) is 5.69 Å². The third-order valence-corrected chi connectivity index (χ3v) is 4.55. The summed E-state index contributed by atoms with van der Waals surface area (Å²) in [5, 5.41) is 4.42. The number of hydrogen-bond donors (Lipinski definition) is 1. The largest absolute Gasteiger partial charge is 0.337 e. The number of nitrogens with zero attached hydrogens (tertiary/aromatic N) is 3. The SMILES string of the molecule is CCc1c(C(=O)N2CC[C@H](N)C2)cnn1-c1ccc(Br)cc1. The number of likely N-dealkylation sites (tertiary alicyclic amines) is 1. The molecule has 1 atom stereocenters. The molecule has 0 radical (unpaired) electrons. The number of nitrogens with two attached hydrogens (primary N) is 1. The Morgan fingerprint density at radius 2 is 2.14 bits per heavy atom. The number of hydrogen-bond acceptors (Lipinski definition) is 3. The molecule has 0 aliphatic carbocycles. The van der Waals surface area contributed by atoms with E-state index in [0.717, 1.165) is 35.2 Å². The van der Waals surface area contributed by atoms with Gasteiger partial charge in [0.1, 0.15) is 0 Å². The Morgan fingerprint density at radius 1 is 1.41 bits per heavy atom. The molecule has 2 N–H and O–H groups in total. The molecular weight excluding hydrogens is 344 g/mol. The van der Waals surface area contributed by atoms with Gasteiger partial charge in [0, 0.05) is 23.6 Å². The van der Waals surface area contributed by atoms with Gasteiger partial charge in [-0.05, 0) is 37.1 Å². The molecule has 3 rings (SSSR count). The fourth-order valence-corrected chi connectivity index (χ4v) is 3.10. The average Bonchev–Trinajstić information content (AvgIpc) is 3.13. The summed E-state index contributed by atoms with van der Waals surface area (Å²) < 4.78 is 2.86. The number of aromatic nitrogens is 2. The molecule has 1 aromatic heterocycles. The van der Waals surface area contributed by atoms with Crippen LogP contribution in [0.1, 0.15) is 29.4 Å². The molecule has 0 spiro atoms. The Kier molecular flexibility index (Phi) is 4.31. The molecule has 0 saturated carbocycles. The van der Waals surface area contributed by atoms with Gasteiger partial charge in [-0.25, -0.2) is 4.68 Å². The highest BCUT2D eigenvalue weighted by molar-refractivity contribution is 9.10. The number of carbonyl (C=O) groups excluding carboxylic acids is 1. The molecular formula is C16H19BrN4O. The van der Waals surface area contributed by atoms with Crippen LogP contribution in [0.3, 0.4) is 0 Å². The molecule has 1 aromatic carbocycles. The van der Waals surface area contributed by atoms with E-state index in [1.807, 2.05) is 40.8 Å². The van der Waals surface area contributed by atoms with Gasteiger partial charge in [-0.1, -0.05) is 22.9 Å². The minimum atomic E-state index is 0.0353. The van der Waals surface area contributed by atoms with Crippen molar-refractivity contribution in [1.29, 1.82) is 0 Å². The molecule has 22 heavy (non-hydrogen) atoms. The maximum absolute atomic E-state index is 12.7. The highest BCUT2D eigenvalue weighted by Gasteiger charge is 2.27. The molecule has 5 nitrogen and oxygen atoms in total. The van der Waals surface area contributed by atoms with Gasteiger partial charge in [-0.2, -0.15) is 5.10 Å². The second-order valence-electron chi connectivity index (χ2n) is 5.55. The van der Waals surface area contributed by atoms with Crippen molar-refractivity contribution >= 4 is 21.8 Å². The maximum atomic E-state index is 12.7.